The van der Waals surface area contributed by atoms with Crippen LogP contribution in [0.1, 0.15) is 19.0 Å². The number of hydrogen-bond acceptors (Lipinski definition) is 4. The molecule has 21 heavy (non-hydrogen) atoms. The van der Waals surface area contributed by atoms with Crippen molar-refractivity contribution < 1.29 is 9.47 Å². The van der Waals surface area contributed by atoms with Crippen LogP contribution < -0.4 is 10.1 Å². The first kappa shape index (κ1) is 15.4. The van der Waals surface area contributed by atoms with E-state index in [0.29, 0.717) is 6.61 Å². The summed E-state index contributed by atoms with van der Waals surface area (Å²) in [6.07, 6.45) is 2.97. The van der Waals surface area contributed by atoms with Crippen molar-refractivity contribution in [3.8, 4) is 11.4 Å². The summed E-state index contributed by atoms with van der Waals surface area (Å²) < 4.78 is 12.6. The Kier molecular flexibility index (Phi) is 5.63. The topological polar surface area (TPSA) is 48.3 Å². The van der Waals surface area contributed by atoms with Gasteiger partial charge >= 0.3 is 0 Å². The zero-order chi connectivity index (χ0) is 15.1. The number of ether oxygens (including phenoxy) is 2. The highest BCUT2D eigenvalue weighted by atomic mass is 16.5. The molecule has 0 spiro atoms. The van der Waals surface area contributed by atoms with Gasteiger partial charge in [0.1, 0.15) is 5.75 Å². The maximum Gasteiger partial charge on any atom is 0.207 e. The molecule has 0 saturated heterocycles. The number of anilines is 1. The first-order chi connectivity index (χ1) is 10.2. The van der Waals surface area contributed by atoms with Crippen LogP contribution in [0.2, 0.25) is 0 Å². The Balaban J connectivity index is 2.11. The molecule has 114 valence electrons. The SMILES string of the molecule is CCOc1ccc(-n2cc(C)nc2NCCCOC)cc1. The average Bonchev–Trinajstić information content (AvgIpc) is 2.86. The van der Waals surface area contributed by atoms with Crippen molar-refractivity contribution in [2.75, 3.05) is 32.2 Å². The molecule has 5 heteroatoms. The minimum absolute atomic E-state index is 0.676. The van der Waals surface area contributed by atoms with Gasteiger partial charge in [0.25, 0.3) is 0 Å². The Hall–Kier alpha value is -2.01. The van der Waals surface area contributed by atoms with Crippen molar-refractivity contribution in [2.24, 2.45) is 0 Å². The number of rotatable bonds is 8. The summed E-state index contributed by atoms with van der Waals surface area (Å²) in [5, 5.41) is 3.35. The highest BCUT2D eigenvalue weighted by Gasteiger charge is 2.07. The van der Waals surface area contributed by atoms with E-state index >= 15 is 0 Å². The van der Waals surface area contributed by atoms with Crippen LogP contribution in [-0.2, 0) is 4.74 Å². The van der Waals surface area contributed by atoms with Gasteiger partial charge in [-0.05, 0) is 44.5 Å². The predicted molar refractivity (Wildman–Crippen MR) is 84.5 cm³/mol. The van der Waals surface area contributed by atoms with Crippen molar-refractivity contribution in [3.63, 3.8) is 0 Å². The molecule has 2 rings (SSSR count). The normalized spacial score (nSPS) is 10.6. The summed E-state index contributed by atoms with van der Waals surface area (Å²) in [5.41, 5.74) is 2.05. The van der Waals surface area contributed by atoms with E-state index in [2.05, 4.69) is 14.9 Å². The first-order valence-electron chi connectivity index (χ1n) is 7.26. The second-order valence-electron chi connectivity index (χ2n) is 4.78. The Labute approximate surface area is 125 Å². The van der Waals surface area contributed by atoms with E-state index in [0.717, 1.165) is 42.7 Å². The fourth-order valence-corrected chi connectivity index (χ4v) is 2.11. The molecule has 0 aliphatic heterocycles. The maximum absolute atomic E-state index is 5.47. The van der Waals surface area contributed by atoms with Gasteiger partial charge in [0.05, 0.1) is 12.3 Å². The average molecular weight is 289 g/mol. The molecule has 0 aliphatic rings. The van der Waals surface area contributed by atoms with Gasteiger partial charge in [-0.15, -0.1) is 0 Å². The quantitative estimate of drug-likeness (QED) is 0.759. The maximum atomic E-state index is 5.47. The molecule has 1 N–H and O–H groups in total. The highest BCUT2D eigenvalue weighted by Crippen LogP contribution is 2.20. The standard InChI is InChI=1S/C16H23N3O2/c1-4-21-15-8-6-14(7-9-15)19-12-13(2)18-16(19)17-10-5-11-20-3/h6-9,12H,4-5,10-11H2,1-3H3,(H,17,18). The molecule has 0 radical (unpaired) electrons. The predicted octanol–water partition coefficient (Wildman–Crippen LogP) is 3.03. The number of aryl methyl sites for hydroxylation is 1. The van der Waals surface area contributed by atoms with Gasteiger partial charge < -0.3 is 14.8 Å². The highest BCUT2D eigenvalue weighted by molar-refractivity contribution is 5.45. The lowest BCUT2D eigenvalue weighted by atomic mass is 10.3. The van der Waals surface area contributed by atoms with E-state index < -0.39 is 0 Å². The van der Waals surface area contributed by atoms with Crippen LogP contribution in [0.4, 0.5) is 5.95 Å². The van der Waals surface area contributed by atoms with Gasteiger partial charge in [-0.25, -0.2) is 4.98 Å². The molecule has 0 amide bonds. The third-order valence-corrected chi connectivity index (χ3v) is 3.06. The lowest BCUT2D eigenvalue weighted by Crippen LogP contribution is -2.09. The van der Waals surface area contributed by atoms with E-state index in [-0.39, 0.29) is 0 Å². The number of nitrogens with one attached hydrogen (secondary N) is 1. The Morgan fingerprint density at radius 3 is 2.67 bits per heavy atom. The monoisotopic (exact) mass is 289 g/mol. The summed E-state index contributed by atoms with van der Waals surface area (Å²) in [4.78, 5) is 4.52. The second-order valence-corrected chi connectivity index (χ2v) is 4.78. The molecule has 2 aromatic rings. The Bertz CT molecular complexity index is 549. The van der Waals surface area contributed by atoms with E-state index in [9.17, 15) is 0 Å². The van der Waals surface area contributed by atoms with Crippen molar-refractivity contribution in [2.45, 2.75) is 20.3 Å². The number of hydrogen-bond donors (Lipinski definition) is 1. The van der Waals surface area contributed by atoms with Crippen LogP contribution in [0.25, 0.3) is 5.69 Å². The minimum Gasteiger partial charge on any atom is -0.494 e. The molecule has 0 aliphatic carbocycles. The molecule has 0 saturated carbocycles. The van der Waals surface area contributed by atoms with E-state index in [1.807, 2.05) is 44.3 Å². The molecular formula is C16H23N3O2. The summed E-state index contributed by atoms with van der Waals surface area (Å²) in [7, 11) is 1.71. The van der Waals surface area contributed by atoms with Gasteiger partial charge in [0.2, 0.25) is 5.95 Å². The van der Waals surface area contributed by atoms with Gasteiger partial charge in [0.15, 0.2) is 0 Å². The molecule has 1 aromatic heterocycles. The molecule has 5 nitrogen and oxygen atoms in total. The van der Waals surface area contributed by atoms with Crippen LogP contribution in [0, 0.1) is 6.92 Å². The Morgan fingerprint density at radius 1 is 1.24 bits per heavy atom. The summed E-state index contributed by atoms with van der Waals surface area (Å²) in [6.45, 7) is 6.23. The van der Waals surface area contributed by atoms with Gasteiger partial charge in [0, 0.05) is 32.1 Å². The molecule has 0 fully saturated rings. The zero-order valence-electron chi connectivity index (χ0n) is 12.9. The van der Waals surface area contributed by atoms with Crippen molar-refractivity contribution in [3.05, 3.63) is 36.2 Å². The van der Waals surface area contributed by atoms with Crippen molar-refractivity contribution >= 4 is 5.95 Å². The first-order valence-corrected chi connectivity index (χ1v) is 7.26. The number of imidazole rings is 1. The fourth-order valence-electron chi connectivity index (χ4n) is 2.11. The molecule has 1 heterocycles. The van der Waals surface area contributed by atoms with E-state index in [4.69, 9.17) is 9.47 Å². The van der Waals surface area contributed by atoms with Crippen molar-refractivity contribution in [1.82, 2.24) is 9.55 Å². The summed E-state index contributed by atoms with van der Waals surface area (Å²) in [6, 6.07) is 8.02. The van der Waals surface area contributed by atoms with E-state index in [1.165, 1.54) is 0 Å². The summed E-state index contributed by atoms with van der Waals surface area (Å²) in [5.74, 6) is 1.74. The molecule has 0 bridgehead atoms. The van der Waals surface area contributed by atoms with Crippen LogP contribution >= 0.6 is 0 Å². The number of methoxy groups -OCH3 is 1. The fraction of sp³-hybridized carbons (Fsp3) is 0.438. The molecule has 0 atom stereocenters. The van der Waals surface area contributed by atoms with E-state index in [1.54, 1.807) is 7.11 Å². The van der Waals surface area contributed by atoms with Crippen LogP contribution in [0.3, 0.4) is 0 Å². The molecule has 0 unspecified atom stereocenters. The lowest BCUT2D eigenvalue weighted by molar-refractivity contribution is 0.197. The lowest BCUT2D eigenvalue weighted by Gasteiger charge is -2.10. The number of aromatic nitrogens is 2. The third kappa shape index (κ3) is 4.23. The van der Waals surface area contributed by atoms with Gasteiger partial charge in [-0.2, -0.15) is 0 Å². The largest absolute Gasteiger partial charge is 0.494 e. The number of benzene rings is 1. The second kappa shape index (κ2) is 7.69. The van der Waals surface area contributed by atoms with Crippen LogP contribution in [0.5, 0.6) is 5.75 Å². The van der Waals surface area contributed by atoms with Crippen molar-refractivity contribution in [1.29, 1.82) is 0 Å². The van der Waals surface area contributed by atoms with Crippen LogP contribution in [0.15, 0.2) is 30.5 Å². The zero-order valence-corrected chi connectivity index (χ0v) is 12.9. The molecular weight excluding hydrogens is 266 g/mol. The van der Waals surface area contributed by atoms with Gasteiger partial charge in [-0.1, -0.05) is 0 Å². The van der Waals surface area contributed by atoms with Gasteiger partial charge in [-0.3, -0.25) is 4.57 Å². The Morgan fingerprint density at radius 2 is 2.00 bits per heavy atom. The smallest absolute Gasteiger partial charge is 0.207 e. The summed E-state index contributed by atoms with van der Waals surface area (Å²) >= 11 is 0. The minimum atomic E-state index is 0.676. The third-order valence-electron chi connectivity index (χ3n) is 3.06. The number of nitrogens with zero attached hydrogens (tertiary/aromatic N) is 2. The van der Waals surface area contributed by atoms with Crippen LogP contribution in [-0.4, -0.2) is 36.4 Å². The molecule has 1 aromatic carbocycles.